The van der Waals surface area contributed by atoms with E-state index in [2.05, 4.69) is 97.1 Å². The van der Waals surface area contributed by atoms with Crippen LogP contribution in [0.2, 0.25) is 0 Å². The van der Waals surface area contributed by atoms with Crippen molar-refractivity contribution in [3.05, 3.63) is 130 Å². The van der Waals surface area contributed by atoms with Gasteiger partial charge in [-0.3, -0.25) is 0 Å². The molecule has 0 fully saturated rings. The summed E-state index contributed by atoms with van der Waals surface area (Å²) in [5.41, 5.74) is 11.3. The van der Waals surface area contributed by atoms with Gasteiger partial charge in [0.05, 0.1) is 0 Å². The molecular formula is C27H22. The first-order valence-electron chi connectivity index (χ1n) is 9.67. The van der Waals surface area contributed by atoms with Gasteiger partial charge in [0.1, 0.15) is 0 Å². The van der Waals surface area contributed by atoms with Crippen LogP contribution in [-0.4, -0.2) is 0 Å². The minimum atomic E-state index is 0.993. The number of hydrogen-bond acceptors (Lipinski definition) is 0. The summed E-state index contributed by atoms with van der Waals surface area (Å²) in [6.45, 7) is 0. The van der Waals surface area contributed by atoms with Crippen LogP contribution in [0.5, 0.6) is 0 Å². The number of fused-ring (bicyclic) bond motifs is 3. The van der Waals surface area contributed by atoms with Crippen LogP contribution in [0.15, 0.2) is 97.1 Å². The molecule has 0 atom stereocenters. The van der Waals surface area contributed by atoms with Crippen LogP contribution in [0.4, 0.5) is 0 Å². The van der Waals surface area contributed by atoms with Gasteiger partial charge in [-0.15, -0.1) is 0 Å². The van der Waals surface area contributed by atoms with Crippen molar-refractivity contribution in [2.24, 2.45) is 0 Å². The SMILES string of the molecule is c1ccc(Cc2ccc3c(c2)-c2cc(Cc4ccccc4)ccc2C3)cc1. The van der Waals surface area contributed by atoms with E-state index in [0.717, 1.165) is 19.3 Å². The first-order valence-corrected chi connectivity index (χ1v) is 9.67. The molecule has 0 nitrogen and oxygen atoms in total. The molecule has 5 rings (SSSR count). The van der Waals surface area contributed by atoms with Crippen molar-refractivity contribution < 1.29 is 0 Å². The first kappa shape index (κ1) is 16.1. The van der Waals surface area contributed by atoms with Gasteiger partial charge in [-0.1, -0.05) is 97.1 Å². The molecule has 4 aromatic rings. The molecule has 4 aromatic carbocycles. The van der Waals surface area contributed by atoms with Gasteiger partial charge < -0.3 is 0 Å². The van der Waals surface area contributed by atoms with Crippen LogP contribution in [-0.2, 0) is 19.3 Å². The molecule has 130 valence electrons. The maximum atomic E-state index is 2.40. The highest BCUT2D eigenvalue weighted by atomic mass is 14.2. The molecule has 0 saturated heterocycles. The molecule has 27 heavy (non-hydrogen) atoms. The highest BCUT2D eigenvalue weighted by Crippen LogP contribution is 2.38. The zero-order chi connectivity index (χ0) is 18.1. The van der Waals surface area contributed by atoms with E-state index in [4.69, 9.17) is 0 Å². The van der Waals surface area contributed by atoms with E-state index >= 15 is 0 Å². The van der Waals surface area contributed by atoms with Crippen molar-refractivity contribution in [3.63, 3.8) is 0 Å². The Kier molecular flexibility index (Phi) is 4.10. The van der Waals surface area contributed by atoms with E-state index in [0.29, 0.717) is 0 Å². The lowest BCUT2D eigenvalue weighted by atomic mass is 9.96. The zero-order valence-corrected chi connectivity index (χ0v) is 15.4. The Morgan fingerprint density at radius 2 is 0.889 bits per heavy atom. The highest BCUT2D eigenvalue weighted by Gasteiger charge is 2.19. The van der Waals surface area contributed by atoms with Crippen LogP contribution in [0.25, 0.3) is 11.1 Å². The molecule has 0 aliphatic heterocycles. The van der Waals surface area contributed by atoms with Crippen molar-refractivity contribution in [3.8, 4) is 11.1 Å². The third-order valence-electron chi connectivity index (χ3n) is 5.52. The Balaban J connectivity index is 1.47. The predicted octanol–water partition coefficient (Wildman–Crippen LogP) is 6.44. The summed E-state index contributed by atoms with van der Waals surface area (Å²) in [6.07, 6.45) is 3.04. The molecule has 0 saturated carbocycles. The van der Waals surface area contributed by atoms with Gasteiger partial charge in [-0.2, -0.15) is 0 Å². The van der Waals surface area contributed by atoms with Crippen molar-refractivity contribution in [1.29, 1.82) is 0 Å². The molecule has 0 spiro atoms. The molecule has 1 aliphatic rings. The second-order valence-corrected chi connectivity index (χ2v) is 7.48. The summed E-state index contributed by atoms with van der Waals surface area (Å²) in [5.74, 6) is 0. The first-order chi connectivity index (χ1) is 13.3. The van der Waals surface area contributed by atoms with E-state index in [1.54, 1.807) is 0 Å². The lowest BCUT2D eigenvalue weighted by molar-refractivity contribution is 1.18. The normalized spacial score (nSPS) is 11.9. The summed E-state index contributed by atoms with van der Waals surface area (Å²) in [4.78, 5) is 0. The van der Waals surface area contributed by atoms with Gasteiger partial charge >= 0.3 is 0 Å². The Labute approximate surface area is 161 Å². The molecule has 0 bridgehead atoms. The van der Waals surface area contributed by atoms with Crippen molar-refractivity contribution in [2.45, 2.75) is 19.3 Å². The predicted molar refractivity (Wildman–Crippen MR) is 113 cm³/mol. The molecule has 1 aliphatic carbocycles. The summed E-state index contributed by atoms with van der Waals surface area (Å²) in [5, 5.41) is 0. The quantitative estimate of drug-likeness (QED) is 0.351. The molecule has 0 heterocycles. The summed E-state index contributed by atoms with van der Waals surface area (Å²) >= 11 is 0. The largest absolute Gasteiger partial charge is 0.0622 e. The van der Waals surface area contributed by atoms with Gasteiger partial charge in [-0.25, -0.2) is 0 Å². The van der Waals surface area contributed by atoms with Gasteiger partial charge in [-0.05, 0) is 63.8 Å². The fourth-order valence-electron chi connectivity index (χ4n) is 4.15. The minimum absolute atomic E-state index is 0.993. The molecule has 0 amide bonds. The van der Waals surface area contributed by atoms with E-state index < -0.39 is 0 Å². The van der Waals surface area contributed by atoms with Crippen LogP contribution in [0, 0.1) is 0 Å². The lowest BCUT2D eigenvalue weighted by Gasteiger charge is -2.08. The average Bonchev–Trinajstić information content (AvgIpc) is 3.07. The van der Waals surface area contributed by atoms with E-state index in [1.165, 1.54) is 44.5 Å². The smallest absolute Gasteiger partial charge is 0.00134 e. The monoisotopic (exact) mass is 346 g/mol. The van der Waals surface area contributed by atoms with Crippen molar-refractivity contribution >= 4 is 0 Å². The molecular weight excluding hydrogens is 324 g/mol. The standard InChI is InChI=1S/C27H22/c1-3-7-20(8-4-1)15-22-11-13-24-19-25-14-12-23(18-27(25)26(24)17-22)16-21-9-5-2-6-10-21/h1-14,17-18H,15-16,19H2. The third kappa shape index (κ3) is 3.31. The Morgan fingerprint density at radius 1 is 0.444 bits per heavy atom. The van der Waals surface area contributed by atoms with E-state index in [9.17, 15) is 0 Å². The highest BCUT2D eigenvalue weighted by molar-refractivity contribution is 5.78. The molecule has 0 aromatic heterocycles. The van der Waals surface area contributed by atoms with Crippen molar-refractivity contribution in [2.75, 3.05) is 0 Å². The second kappa shape index (κ2) is 6.89. The topological polar surface area (TPSA) is 0 Å². The maximum absolute atomic E-state index is 2.40. The zero-order valence-electron chi connectivity index (χ0n) is 15.4. The van der Waals surface area contributed by atoms with Gasteiger partial charge in [0.25, 0.3) is 0 Å². The summed E-state index contributed by atoms with van der Waals surface area (Å²) < 4.78 is 0. The second-order valence-electron chi connectivity index (χ2n) is 7.48. The molecule has 0 radical (unpaired) electrons. The summed E-state index contributed by atoms with van der Waals surface area (Å²) in [7, 11) is 0. The molecule has 0 unspecified atom stereocenters. The fraction of sp³-hybridized carbons (Fsp3) is 0.111. The lowest BCUT2D eigenvalue weighted by Crippen LogP contribution is -1.91. The van der Waals surface area contributed by atoms with E-state index in [1.807, 2.05) is 0 Å². The van der Waals surface area contributed by atoms with Crippen LogP contribution < -0.4 is 0 Å². The Hall–Kier alpha value is -3.12. The number of hydrogen-bond donors (Lipinski definition) is 0. The van der Waals surface area contributed by atoms with Crippen LogP contribution in [0.1, 0.15) is 33.4 Å². The van der Waals surface area contributed by atoms with Crippen molar-refractivity contribution in [1.82, 2.24) is 0 Å². The molecule has 0 N–H and O–H groups in total. The summed E-state index contributed by atoms with van der Waals surface area (Å²) in [6, 6.07) is 35.5. The third-order valence-corrected chi connectivity index (χ3v) is 5.52. The molecule has 0 heteroatoms. The maximum Gasteiger partial charge on any atom is -0.00134 e. The number of benzene rings is 4. The minimum Gasteiger partial charge on any atom is -0.0622 e. The van der Waals surface area contributed by atoms with Gasteiger partial charge in [0.2, 0.25) is 0 Å². The van der Waals surface area contributed by atoms with E-state index in [-0.39, 0.29) is 0 Å². The fourth-order valence-corrected chi connectivity index (χ4v) is 4.15. The average molecular weight is 346 g/mol. The number of rotatable bonds is 4. The van der Waals surface area contributed by atoms with Crippen LogP contribution >= 0.6 is 0 Å². The van der Waals surface area contributed by atoms with Crippen LogP contribution in [0.3, 0.4) is 0 Å². The van der Waals surface area contributed by atoms with Gasteiger partial charge in [0.15, 0.2) is 0 Å². The Morgan fingerprint density at radius 3 is 1.33 bits per heavy atom. The Bertz CT molecular complexity index is 987. The van der Waals surface area contributed by atoms with Gasteiger partial charge in [0, 0.05) is 0 Å².